The minimum atomic E-state index is -0.503. The smallest absolute Gasteiger partial charge is 0.276 e. The Bertz CT molecular complexity index is 878. The third kappa shape index (κ3) is 3.49. The fourth-order valence-corrected chi connectivity index (χ4v) is 2.86. The molecule has 1 aliphatic rings. The fraction of sp³-hybridized carbons (Fsp3) is 0. The second-order valence-electron chi connectivity index (χ2n) is 4.77. The van der Waals surface area contributed by atoms with Crippen molar-refractivity contribution in [3.63, 3.8) is 0 Å². The monoisotopic (exact) mass is 343 g/mol. The van der Waals surface area contributed by atoms with Crippen molar-refractivity contribution >= 4 is 40.3 Å². The molecular weight excluding hydrogens is 333 g/mol. The highest BCUT2D eigenvalue weighted by atomic mass is 32.2. The highest BCUT2D eigenvalue weighted by molar-refractivity contribution is 8.18. The maximum absolute atomic E-state index is 12.9. The van der Waals surface area contributed by atoms with Gasteiger partial charge in [0.05, 0.1) is 21.1 Å². The van der Waals surface area contributed by atoms with Crippen LogP contribution in [0.3, 0.4) is 0 Å². The van der Waals surface area contributed by atoms with Gasteiger partial charge >= 0.3 is 0 Å². The molecule has 2 aromatic carbocycles. The van der Waals surface area contributed by atoms with Crippen molar-refractivity contribution in [3.8, 4) is 0 Å². The van der Waals surface area contributed by atoms with E-state index in [2.05, 4.69) is 10.3 Å². The van der Waals surface area contributed by atoms with Crippen molar-refractivity contribution < 1.29 is 14.1 Å². The number of amides is 1. The molecular formula is C16H10FN3O3S. The summed E-state index contributed by atoms with van der Waals surface area (Å²) in [5.41, 5.74) is 0.747. The zero-order valence-electron chi connectivity index (χ0n) is 12.1. The Morgan fingerprint density at radius 1 is 1.17 bits per heavy atom. The lowest BCUT2D eigenvalue weighted by atomic mass is 10.1. The van der Waals surface area contributed by atoms with Gasteiger partial charge in [-0.3, -0.25) is 14.9 Å². The second-order valence-corrected chi connectivity index (χ2v) is 5.80. The Labute approximate surface area is 140 Å². The quantitative estimate of drug-likeness (QED) is 0.524. The van der Waals surface area contributed by atoms with Crippen LogP contribution in [0, 0.1) is 15.9 Å². The number of amidine groups is 1. The average molecular weight is 343 g/mol. The van der Waals surface area contributed by atoms with E-state index in [4.69, 9.17) is 0 Å². The topological polar surface area (TPSA) is 84.6 Å². The first-order valence-corrected chi connectivity index (χ1v) is 7.63. The van der Waals surface area contributed by atoms with E-state index in [0.717, 1.165) is 11.8 Å². The average Bonchev–Trinajstić information content (AvgIpc) is 2.89. The minimum Gasteiger partial charge on any atom is -0.300 e. The molecule has 6 nitrogen and oxygen atoms in total. The number of nitro benzene ring substituents is 1. The van der Waals surface area contributed by atoms with Crippen LogP contribution in [0.1, 0.15) is 5.56 Å². The lowest BCUT2D eigenvalue weighted by molar-refractivity contribution is -0.385. The molecule has 0 radical (unpaired) electrons. The molecule has 1 fully saturated rings. The predicted molar refractivity (Wildman–Crippen MR) is 90.3 cm³/mol. The first-order chi connectivity index (χ1) is 11.5. The van der Waals surface area contributed by atoms with Gasteiger partial charge in [-0.1, -0.05) is 12.1 Å². The summed E-state index contributed by atoms with van der Waals surface area (Å²) in [7, 11) is 0. The molecule has 1 heterocycles. The van der Waals surface area contributed by atoms with Gasteiger partial charge in [-0.25, -0.2) is 9.38 Å². The molecule has 1 N–H and O–H groups in total. The lowest BCUT2D eigenvalue weighted by Gasteiger charge is -1.97. The molecule has 0 atom stereocenters. The van der Waals surface area contributed by atoms with Crippen molar-refractivity contribution in [2.75, 3.05) is 0 Å². The normalized spacial score (nSPS) is 17.3. The predicted octanol–water partition coefficient (Wildman–Crippen LogP) is 3.63. The molecule has 0 saturated carbocycles. The zero-order chi connectivity index (χ0) is 17.1. The molecule has 1 aliphatic heterocycles. The largest absolute Gasteiger partial charge is 0.300 e. The van der Waals surface area contributed by atoms with Gasteiger partial charge < -0.3 is 5.32 Å². The van der Waals surface area contributed by atoms with Crippen LogP contribution in [-0.4, -0.2) is 16.0 Å². The number of hydrogen-bond acceptors (Lipinski definition) is 5. The number of para-hydroxylation sites is 1. The van der Waals surface area contributed by atoms with E-state index in [1.54, 1.807) is 18.2 Å². The number of carbonyl (C=O) groups excluding carboxylic acids is 1. The molecule has 0 bridgehead atoms. The number of nitrogens with zero attached hydrogens (tertiary/aromatic N) is 2. The van der Waals surface area contributed by atoms with Crippen LogP contribution in [0.15, 0.2) is 58.4 Å². The molecule has 8 heteroatoms. The SMILES string of the molecule is O=C1NC(=Nc2ccc(F)cc2)SC1=Cc1ccccc1[N+](=O)[O-]. The third-order valence-corrected chi connectivity index (χ3v) is 4.04. The number of hydrogen-bond donors (Lipinski definition) is 1. The number of rotatable bonds is 3. The minimum absolute atomic E-state index is 0.0812. The molecule has 1 amide bonds. The summed E-state index contributed by atoms with van der Waals surface area (Å²) in [5.74, 6) is -0.766. The number of aliphatic imine (C=N–C) groups is 1. The summed E-state index contributed by atoms with van der Waals surface area (Å²) in [6.07, 6.45) is 1.45. The zero-order valence-corrected chi connectivity index (χ0v) is 12.9. The Morgan fingerprint density at radius 3 is 2.58 bits per heavy atom. The molecule has 0 aliphatic carbocycles. The standard InChI is InChI=1S/C16H10FN3O3S/c17-11-5-7-12(8-6-11)18-16-19-15(21)14(24-16)9-10-3-1-2-4-13(10)20(22)23/h1-9H,(H,18,19,21). The van der Waals surface area contributed by atoms with Gasteiger partial charge in [0.15, 0.2) is 5.17 Å². The van der Waals surface area contributed by atoms with Crippen LogP contribution in [-0.2, 0) is 4.79 Å². The molecule has 24 heavy (non-hydrogen) atoms. The van der Waals surface area contributed by atoms with Gasteiger partial charge in [0, 0.05) is 6.07 Å². The van der Waals surface area contributed by atoms with Gasteiger partial charge in [-0.15, -0.1) is 0 Å². The maximum atomic E-state index is 12.9. The summed E-state index contributed by atoms with van der Waals surface area (Å²) >= 11 is 1.07. The van der Waals surface area contributed by atoms with Gasteiger partial charge in [0.2, 0.25) is 0 Å². The highest BCUT2D eigenvalue weighted by Crippen LogP contribution is 2.30. The van der Waals surface area contributed by atoms with Crippen molar-refractivity contribution in [3.05, 3.63) is 74.9 Å². The Morgan fingerprint density at radius 2 is 1.88 bits per heavy atom. The van der Waals surface area contributed by atoms with Crippen molar-refractivity contribution in [2.24, 2.45) is 4.99 Å². The summed E-state index contributed by atoms with van der Waals surface area (Å²) in [5, 5.41) is 13.9. The number of halogens is 1. The van der Waals surface area contributed by atoms with E-state index in [1.165, 1.54) is 36.4 Å². The van der Waals surface area contributed by atoms with E-state index in [1.807, 2.05) is 0 Å². The van der Waals surface area contributed by atoms with Crippen LogP contribution < -0.4 is 5.32 Å². The number of carbonyl (C=O) groups is 1. The molecule has 2 aromatic rings. The molecule has 0 unspecified atom stereocenters. The van der Waals surface area contributed by atoms with Gasteiger partial charge in [0.25, 0.3) is 11.6 Å². The van der Waals surface area contributed by atoms with E-state index in [9.17, 15) is 19.3 Å². The third-order valence-electron chi connectivity index (χ3n) is 3.13. The van der Waals surface area contributed by atoms with E-state index >= 15 is 0 Å². The van der Waals surface area contributed by atoms with Crippen LogP contribution in [0.25, 0.3) is 6.08 Å². The highest BCUT2D eigenvalue weighted by Gasteiger charge is 2.25. The Hall–Kier alpha value is -3.00. The van der Waals surface area contributed by atoms with Crippen molar-refractivity contribution in [1.29, 1.82) is 0 Å². The molecule has 120 valence electrons. The van der Waals surface area contributed by atoms with Crippen LogP contribution in [0.5, 0.6) is 0 Å². The first-order valence-electron chi connectivity index (χ1n) is 6.81. The van der Waals surface area contributed by atoms with Crippen LogP contribution in [0.4, 0.5) is 15.8 Å². The van der Waals surface area contributed by atoms with E-state index in [-0.39, 0.29) is 17.4 Å². The molecule has 3 rings (SSSR count). The number of nitro groups is 1. The van der Waals surface area contributed by atoms with Crippen molar-refractivity contribution in [1.82, 2.24) is 5.32 Å². The number of benzene rings is 2. The Kier molecular flexibility index (Phi) is 4.39. The summed E-state index contributed by atoms with van der Waals surface area (Å²) in [6, 6.07) is 11.7. The Balaban J connectivity index is 1.88. The molecule has 0 spiro atoms. The van der Waals surface area contributed by atoms with Gasteiger partial charge in [-0.05, 0) is 48.2 Å². The first kappa shape index (κ1) is 15.9. The number of thioether (sulfide) groups is 1. The summed E-state index contributed by atoms with van der Waals surface area (Å²) in [4.78, 5) is 27.0. The number of nitrogens with one attached hydrogen (secondary N) is 1. The molecule has 0 aromatic heterocycles. The summed E-state index contributed by atoms with van der Waals surface area (Å²) in [6.45, 7) is 0. The lowest BCUT2D eigenvalue weighted by Crippen LogP contribution is -2.19. The molecule has 1 saturated heterocycles. The summed E-state index contributed by atoms with van der Waals surface area (Å²) < 4.78 is 12.9. The van der Waals surface area contributed by atoms with E-state index < -0.39 is 4.92 Å². The fourth-order valence-electron chi connectivity index (χ4n) is 2.03. The maximum Gasteiger partial charge on any atom is 0.276 e. The van der Waals surface area contributed by atoms with Gasteiger partial charge in [0.1, 0.15) is 5.82 Å². The van der Waals surface area contributed by atoms with Gasteiger partial charge in [-0.2, -0.15) is 0 Å². The van der Waals surface area contributed by atoms with Crippen LogP contribution >= 0.6 is 11.8 Å². The van der Waals surface area contributed by atoms with E-state index in [0.29, 0.717) is 21.3 Å². The van der Waals surface area contributed by atoms with Crippen molar-refractivity contribution in [2.45, 2.75) is 0 Å². The second kappa shape index (κ2) is 6.63. The van der Waals surface area contributed by atoms with Crippen LogP contribution in [0.2, 0.25) is 0 Å².